The van der Waals surface area contributed by atoms with Crippen LogP contribution in [0.2, 0.25) is 0 Å². The second-order valence-electron chi connectivity index (χ2n) is 7.67. The summed E-state index contributed by atoms with van der Waals surface area (Å²) in [6, 6.07) is 22.1. The summed E-state index contributed by atoms with van der Waals surface area (Å²) in [7, 11) is 1.40. The van der Waals surface area contributed by atoms with Gasteiger partial charge in [-0.2, -0.15) is 0 Å². The molecule has 3 aromatic carbocycles. The molecule has 0 aliphatic carbocycles. The number of methoxy groups -OCH3 is 1. The molecule has 0 radical (unpaired) electrons. The second-order valence-corrected chi connectivity index (χ2v) is 7.67. The number of carbonyl (C=O) groups excluding carboxylic acids is 1. The van der Waals surface area contributed by atoms with Gasteiger partial charge in [0.2, 0.25) is 0 Å². The first-order chi connectivity index (χ1) is 15.7. The first-order valence-corrected chi connectivity index (χ1v) is 10.7. The Morgan fingerprint density at radius 3 is 2.44 bits per heavy atom. The van der Waals surface area contributed by atoms with Crippen LogP contribution in [0.25, 0.3) is 10.9 Å². The molecule has 0 atom stereocenters. The van der Waals surface area contributed by atoms with E-state index in [-0.39, 0.29) is 12.4 Å². The minimum Gasteiger partial charge on any atom is -0.494 e. The summed E-state index contributed by atoms with van der Waals surface area (Å²) in [5.74, 6) is 2.25. The van der Waals surface area contributed by atoms with Crippen molar-refractivity contribution in [1.29, 1.82) is 0 Å². The summed E-state index contributed by atoms with van der Waals surface area (Å²) in [6.45, 7) is 1.38. The molecule has 32 heavy (non-hydrogen) atoms. The highest BCUT2D eigenvalue weighted by atomic mass is 16.5. The topological polar surface area (TPSA) is 63.8 Å². The zero-order valence-electron chi connectivity index (χ0n) is 17.8. The molecule has 0 spiro atoms. The van der Waals surface area contributed by atoms with Crippen molar-refractivity contribution in [3.8, 4) is 17.2 Å². The van der Waals surface area contributed by atoms with Crippen molar-refractivity contribution in [3.63, 3.8) is 0 Å². The summed E-state index contributed by atoms with van der Waals surface area (Å²) < 4.78 is 16.9. The maximum Gasteiger partial charge on any atom is 0.310 e. The molecule has 6 heteroatoms. The van der Waals surface area contributed by atoms with E-state index in [0.717, 1.165) is 58.1 Å². The smallest absolute Gasteiger partial charge is 0.310 e. The van der Waals surface area contributed by atoms with Gasteiger partial charge in [-0.1, -0.05) is 24.3 Å². The quantitative estimate of drug-likeness (QED) is 0.307. The van der Waals surface area contributed by atoms with Crippen molar-refractivity contribution < 1.29 is 19.0 Å². The van der Waals surface area contributed by atoms with Gasteiger partial charge >= 0.3 is 5.97 Å². The van der Waals surface area contributed by atoms with Crippen molar-refractivity contribution in [2.24, 2.45) is 0 Å². The van der Waals surface area contributed by atoms with E-state index in [0.29, 0.717) is 6.61 Å². The largest absolute Gasteiger partial charge is 0.494 e. The van der Waals surface area contributed by atoms with Crippen LogP contribution in [-0.2, 0) is 16.0 Å². The first kappa shape index (κ1) is 20.0. The van der Waals surface area contributed by atoms with Crippen LogP contribution in [-0.4, -0.2) is 31.2 Å². The van der Waals surface area contributed by atoms with Crippen LogP contribution in [0.4, 0.5) is 11.4 Å². The van der Waals surface area contributed by atoms with Crippen molar-refractivity contribution >= 4 is 28.2 Å². The van der Waals surface area contributed by atoms with Gasteiger partial charge in [0.25, 0.3) is 0 Å². The fourth-order valence-corrected chi connectivity index (χ4v) is 4.06. The Morgan fingerprint density at radius 2 is 1.72 bits per heavy atom. The van der Waals surface area contributed by atoms with Crippen LogP contribution >= 0.6 is 0 Å². The fourth-order valence-electron chi connectivity index (χ4n) is 4.06. The Kier molecular flexibility index (Phi) is 5.42. The lowest BCUT2D eigenvalue weighted by atomic mass is 10.1. The zero-order valence-corrected chi connectivity index (χ0v) is 17.8. The number of carbonyl (C=O) groups is 1. The number of H-pyrrole nitrogens is 1. The molecular weight excluding hydrogens is 404 g/mol. The molecule has 0 amide bonds. The van der Waals surface area contributed by atoms with E-state index >= 15 is 0 Å². The highest BCUT2D eigenvalue weighted by Crippen LogP contribution is 2.46. The molecule has 4 aromatic rings. The molecule has 0 saturated carbocycles. The number of esters is 1. The number of rotatable bonds is 7. The third-order valence-electron chi connectivity index (χ3n) is 5.63. The van der Waals surface area contributed by atoms with E-state index in [1.165, 1.54) is 7.11 Å². The number of aromatic nitrogens is 1. The number of hydrogen-bond donors (Lipinski definition) is 1. The molecule has 0 fully saturated rings. The van der Waals surface area contributed by atoms with E-state index in [1.807, 2.05) is 60.8 Å². The van der Waals surface area contributed by atoms with Crippen molar-refractivity contribution in [2.75, 3.05) is 25.2 Å². The van der Waals surface area contributed by atoms with Crippen LogP contribution < -0.4 is 14.4 Å². The maximum absolute atomic E-state index is 11.7. The standard InChI is InChI=1S/C26H24N2O4/c1-30-26(29)15-18-17-27-21-12-11-19(16-20(18)21)31-14-6-13-28-22-7-2-4-9-24(22)32-25-10-5-3-8-23(25)28/h2-5,7-12,16-17,27H,6,13-15H2,1H3. The molecule has 1 aliphatic heterocycles. The van der Waals surface area contributed by atoms with E-state index in [1.54, 1.807) is 0 Å². The highest BCUT2D eigenvalue weighted by molar-refractivity contribution is 5.88. The lowest BCUT2D eigenvalue weighted by Crippen LogP contribution is -2.23. The van der Waals surface area contributed by atoms with Crippen LogP contribution in [0.15, 0.2) is 72.9 Å². The predicted octanol–water partition coefficient (Wildman–Crippen LogP) is 5.60. The molecule has 1 aliphatic rings. The average molecular weight is 428 g/mol. The van der Waals surface area contributed by atoms with Crippen LogP contribution in [0.5, 0.6) is 17.2 Å². The van der Waals surface area contributed by atoms with Gasteiger partial charge in [0.1, 0.15) is 5.75 Å². The summed E-state index contributed by atoms with van der Waals surface area (Å²) >= 11 is 0. The molecule has 1 N–H and O–H groups in total. The number of para-hydroxylation sites is 4. The van der Waals surface area contributed by atoms with Crippen molar-refractivity contribution in [1.82, 2.24) is 4.98 Å². The van der Waals surface area contributed by atoms with Gasteiger partial charge in [0.15, 0.2) is 11.5 Å². The minimum atomic E-state index is -0.261. The Hall–Kier alpha value is -3.93. The fraction of sp³-hybridized carbons (Fsp3) is 0.192. The monoisotopic (exact) mass is 428 g/mol. The van der Waals surface area contributed by atoms with Crippen molar-refractivity contribution in [3.05, 3.63) is 78.5 Å². The van der Waals surface area contributed by atoms with Gasteiger partial charge in [-0.25, -0.2) is 0 Å². The highest BCUT2D eigenvalue weighted by Gasteiger charge is 2.23. The average Bonchev–Trinajstić information content (AvgIpc) is 3.22. The van der Waals surface area contributed by atoms with Gasteiger partial charge in [0.05, 0.1) is 31.5 Å². The number of ether oxygens (including phenoxy) is 3. The molecule has 0 unspecified atom stereocenters. The van der Waals surface area contributed by atoms with Gasteiger partial charge in [-0.15, -0.1) is 0 Å². The number of fused-ring (bicyclic) bond motifs is 3. The number of hydrogen-bond acceptors (Lipinski definition) is 5. The van der Waals surface area contributed by atoms with Crippen molar-refractivity contribution in [2.45, 2.75) is 12.8 Å². The minimum absolute atomic E-state index is 0.232. The van der Waals surface area contributed by atoms with E-state index < -0.39 is 0 Å². The third-order valence-corrected chi connectivity index (χ3v) is 5.63. The van der Waals surface area contributed by atoms with E-state index in [4.69, 9.17) is 14.2 Å². The SMILES string of the molecule is COC(=O)Cc1c[nH]c2ccc(OCCCN3c4ccccc4Oc4ccccc43)cc12. The van der Waals surface area contributed by atoms with Crippen LogP contribution in [0, 0.1) is 0 Å². The Bertz CT molecular complexity index is 1220. The number of nitrogens with one attached hydrogen (secondary N) is 1. The molecule has 0 bridgehead atoms. The molecule has 0 saturated heterocycles. The summed E-state index contributed by atoms with van der Waals surface area (Å²) in [4.78, 5) is 17.1. The third kappa shape index (κ3) is 3.87. The Morgan fingerprint density at radius 1 is 1.00 bits per heavy atom. The van der Waals surface area contributed by atoms with E-state index in [2.05, 4.69) is 22.0 Å². The van der Waals surface area contributed by atoms with Gasteiger partial charge in [0, 0.05) is 23.6 Å². The lowest BCUT2D eigenvalue weighted by molar-refractivity contribution is -0.139. The lowest BCUT2D eigenvalue weighted by Gasteiger charge is -2.32. The number of nitrogens with zero attached hydrogens (tertiary/aromatic N) is 1. The molecule has 1 aromatic heterocycles. The van der Waals surface area contributed by atoms with Gasteiger partial charge < -0.3 is 24.1 Å². The Balaban J connectivity index is 1.26. The summed E-state index contributed by atoms with van der Waals surface area (Å²) in [5, 5.41) is 0.976. The maximum atomic E-state index is 11.7. The molecule has 162 valence electrons. The van der Waals surface area contributed by atoms with E-state index in [9.17, 15) is 4.79 Å². The molecule has 5 rings (SSSR count). The molecular formula is C26H24N2O4. The predicted molar refractivity (Wildman–Crippen MR) is 124 cm³/mol. The molecule has 2 heterocycles. The number of aromatic amines is 1. The number of benzene rings is 3. The van der Waals surface area contributed by atoms with Crippen LogP contribution in [0.1, 0.15) is 12.0 Å². The van der Waals surface area contributed by atoms with Gasteiger partial charge in [-0.3, -0.25) is 4.79 Å². The normalized spacial score (nSPS) is 12.1. The summed E-state index contributed by atoms with van der Waals surface area (Å²) in [6.07, 6.45) is 2.91. The molecule has 6 nitrogen and oxygen atoms in total. The summed E-state index contributed by atoms with van der Waals surface area (Å²) in [5.41, 5.74) is 4.00. The second kappa shape index (κ2) is 8.67. The van der Waals surface area contributed by atoms with Gasteiger partial charge in [-0.05, 0) is 54.4 Å². The first-order valence-electron chi connectivity index (χ1n) is 10.7. The zero-order chi connectivity index (χ0) is 21.9. The number of anilines is 2. The Labute approximate surface area is 186 Å². The van der Waals surface area contributed by atoms with Crippen LogP contribution in [0.3, 0.4) is 0 Å².